The molecule has 0 aromatic heterocycles. The number of nitrogens with one attached hydrogen (secondary N) is 1. The molecule has 0 bridgehead atoms. The van der Waals surface area contributed by atoms with Crippen molar-refractivity contribution in [3.63, 3.8) is 0 Å². The maximum Gasteiger partial charge on any atom is 0.241 e. The van der Waals surface area contributed by atoms with Crippen LogP contribution < -0.4 is 5.32 Å². The van der Waals surface area contributed by atoms with Crippen LogP contribution in [-0.4, -0.2) is 51.3 Å². The Morgan fingerprint density at radius 2 is 1.80 bits per heavy atom. The van der Waals surface area contributed by atoms with Crippen molar-refractivity contribution in [1.82, 2.24) is 5.32 Å². The van der Waals surface area contributed by atoms with E-state index in [0.717, 1.165) is 6.26 Å². The average molecular weight is 323 g/mol. The highest BCUT2D eigenvalue weighted by Gasteiger charge is 2.50. The molecule has 0 spiro atoms. The first-order valence-electron chi connectivity index (χ1n) is 6.87. The lowest BCUT2D eigenvalue weighted by Gasteiger charge is -2.30. The number of amides is 1. The van der Waals surface area contributed by atoms with Crippen LogP contribution in [0.3, 0.4) is 0 Å². The fraction of sp³-hybridized carbons (Fsp3) is 0.917. The van der Waals surface area contributed by atoms with E-state index in [-0.39, 0.29) is 11.5 Å². The van der Waals surface area contributed by atoms with E-state index < -0.39 is 36.4 Å². The quantitative estimate of drug-likeness (QED) is 0.791. The van der Waals surface area contributed by atoms with Crippen LogP contribution in [0.15, 0.2) is 0 Å². The summed E-state index contributed by atoms with van der Waals surface area (Å²) in [7, 11) is -6.62. The Labute approximate surface area is 120 Å². The molecule has 1 saturated carbocycles. The van der Waals surface area contributed by atoms with Gasteiger partial charge in [0.1, 0.15) is 4.75 Å². The van der Waals surface area contributed by atoms with Gasteiger partial charge in [-0.15, -0.1) is 0 Å². The topological polar surface area (TPSA) is 97.4 Å². The van der Waals surface area contributed by atoms with Gasteiger partial charge in [-0.25, -0.2) is 16.8 Å². The highest BCUT2D eigenvalue weighted by molar-refractivity contribution is 7.93. The van der Waals surface area contributed by atoms with Crippen molar-refractivity contribution in [3.8, 4) is 0 Å². The van der Waals surface area contributed by atoms with Gasteiger partial charge < -0.3 is 5.32 Å². The molecule has 1 atom stereocenters. The van der Waals surface area contributed by atoms with Crippen molar-refractivity contribution >= 4 is 25.6 Å². The zero-order valence-electron chi connectivity index (χ0n) is 11.6. The van der Waals surface area contributed by atoms with Gasteiger partial charge in [-0.3, -0.25) is 4.79 Å². The molecule has 2 fully saturated rings. The summed E-state index contributed by atoms with van der Waals surface area (Å²) >= 11 is 0. The molecule has 1 N–H and O–H groups in total. The predicted octanol–water partition coefficient (Wildman–Crippen LogP) is 0.0372. The Morgan fingerprint density at radius 1 is 1.20 bits per heavy atom. The summed E-state index contributed by atoms with van der Waals surface area (Å²) in [4.78, 5) is 12.4. The Morgan fingerprint density at radius 3 is 2.30 bits per heavy atom. The summed E-state index contributed by atoms with van der Waals surface area (Å²) in [5, 5.41) is 2.67. The van der Waals surface area contributed by atoms with E-state index in [0.29, 0.717) is 38.5 Å². The standard InChI is InChI=1S/C12H21NO5S2/c1-19(15,16)12(6-2-3-7-12)11(14)13-10-5-4-8-20(17,18)9-10/h10H,2-9H2,1H3,(H,13,14). The smallest absolute Gasteiger partial charge is 0.241 e. The first-order chi connectivity index (χ1) is 9.16. The van der Waals surface area contributed by atoms with Gasteiger partial charge in [0.05, 0.1) is 11.5 Å². The van der Waals surface area contributed by atoms with E-state index in [9.17, 15) is 21.6 Å². The molecule has 1 aliphatic heterocycles. The molecule has 1 amide bonds. The molecule has 8 heteroatoms. The summed E-state index contributed by atoms with van der Waals surface area (Å²) in [5.74, 6) is -0.450. The SMILES string of the molecule is CS(=O)(=O)C1(C(=O)NC2CCCS(=O)(=O)C2)CCCC1. The Bertz CT molecular complexity index is 587. The largest absolute Gasteiger partial charge is 0.351 e. The molecular formula is C12H21NO5S2. The lowest BCUT2D eigenvalue weighted by molar-refractivity contribution is -0.124. The summed E-state index contributed by atoms with van der Waals surface area (Å²) in [6, 6.07) is -0.458. The van der Waals surface area contributed by atoms with Gasteiger partial charge in [0.15, 0.2) is 19.7 Å². The minimum absolute atomic E-state index is 0.0847. The van der Waals surface area contributed by atoms with E-state index in [2.05, 4.69) is 5.32 Å². The van der Waals surface area contributed by atoms with E-state index >= 15 is 0 Å². The summed E-state index contributed by atoms with van der Waals surface area (Å²) in [5.41, 5.74) is 0. The lowest BCUT2D eigenvalue weighted by atomic mass is 10.0. The van der Waals surface area contributed by atoms with Gasteiger partial charge in [0, 0.05) is 12.3 Å². The molecule has 2 aliphatic rings. The molecule has 116 valence electrons. The number of carbonyl (C=O) groups excluding carboxylic acids is 1. The molecule has 0 aromatic carbocycles. The van der Waals surface area contributed by atoms with Crippen LogP contribution in [0.25, 0.3) is 0 Å². The molecule has 6 nitrogen and oxygen atoms in total. The molecule has 20 heavy (non-hydrogen) atoms. The summed E-state index contributed by atoms with van der Waals surface area (Å²) in [6.07, 6.45) is 4.28. The highest BCUT2D eigenvalue weighted by Crippen LogP contribution is 2.37. The average Bonchev–Trinajstić information content (AvgIpc) is 2.76. The maximum atomic E-state index is 12.4. The third-order valence-electron chi connectivity index (χ3n) is 4.33. The van der Waals surface area contributed by atoms with Gasteiger partial charge in [0.25, 0.3) is 0 Å². The van der Waals surface area contributed by atoms with Crippen molar-refractivity contribution < 1.29 is 21.6 Å². The van der Waals surface area contributed by atoms with Gasteiger partial charge in [-0.1, -0.05) is 12.8 Å². The van der Waals surface area contributed by atoms with E-state index in [4.69, 9.17) is 0 Å². The van der Waals surface area contributed by atoms with Crippen molar-refractivity contribution in [3.05, 3.63) is 0 Å². The van der Waals surface area contributed by atoms with Crippen LogP contribution in [-0.2, 0) is 24.5 Å². The van der Waals surface area contributed by atoms with Crippen LogP contribution in [0.5, 0.6) is 0 Å². The zero-order valence-corrected chi connectivity index (χ0v) is 13.2. The van der Waals surface area contributed by atoms with E-state index in [1.807, 2.05) is 0 Å². The molecule has 2 rings (SSSR count). The predicted molar refractivity (Wildman–Crippen MR) is 75.9 cm³/mol. The highest BCUT2D eigenvalue weighted by atomic mass is 32.2. The second-order valence-corrected chi connectivity index (χ2v) is 10.5. The van der Waals surface area contributed by atoms with Crippen molar-refractivity contribution in [2.45, 2.75) is 49.3 Å². The minimum Gasteiger partial charge on any atom is -0.351 e. The Balaban J connectivity index is 2.14. The van der Waals surface area contributed by atoms with Crippen LogP contribution >= 0.6 is 0 Å². The first kappa shape index (κ1) is 15.8. The van der Waals surface area contributed by atoms with Crippen molar-refractivity contribution in [2.24, 2.45) is 0 Å². The van der Waals surface area contributed by atoms with Crippen LogP contribution in [0, 0.1) is 0 Å². The number of carbonyl (C=O) groups is 1. The zero-order chi connectivity index (χ0) is 15.0. The molecular weight excluding hydrogens is 302 g/mol. The monoisotopic (exact) mass is 323 g/mol. The molecule has 1 saturated heterocycles. The number of rotatable bonds is 3. The van der Waals surface area contributed by atoms with Crippen LogP contribution in [0.1, 0.15) is 38.5 Å². The maximum absolute atomic E-state index is 12.4. The third kappa shape index (κ3) is 3.00. The Kier molecular flexibility index (Phi) is 4.17. The molecule has 1 heterocycles. The lowest BCUT2D eigenvalue weighted by Crippen LogP contribution is -2.55. The van der Waals surface area contributed by atoms with E-state index in [1.54, 1.807) is 0 Å². The first-order valence-corrected chi connectivity index (χ1v) is 10.6. The number of sulfone groups is 2. The molecule has 1 unspecified atom stereocenters. The van der Waals surface area contributed by atoms with Gasteiger partial charge in [-0.05, 0) is 25.7 Å². The fourth-order valence-corrected chi connectivity index (χ4v) is 6.23. The van der Waals surface area contributed by atoms with Gasteiger partial charge in [-0.2, -0.15) is 0 Å². The van der Waals surface area contributed by atoms with Crippen LogP contribution in [0.2, 0.25) is 0 Å². The third-order valence-corrected chi connectivity index (χ3v) is 8.17. The van der Waals surface area contributed by atoms with Gasteiger partial charge in [0.2, 0.25) is 5.91 Å². The number of hydrogen-bond donors (Lipinski definition) is 1. The van der Waals surface area contributed by atoms with E-state index in [1.165, 1.54) is 0 Å². The van der Waals surface area contributed by atoms with Crippen molar-refractivity contribution in [2.75, 3.05) is 17.8 Å². The summed E-state index contributed by atoms with van der Waals surface area (Å²) < 4.78 is 45.8. The fourth-order valence-electron chi connectivity index (χ4n) is 3.17. The number of hydrogen-bond acceptors (Lipinski definition) is 5. The molecule has 1 aliphatic carbocycles. The van der Waals surface area contributed by atoms with Gasteiger partial charge >= 0.3 is 0 Å². The minimum atomic E-state index is -3.50. The second kappa shape index (κ2) is 5.29. The molecule has 0 aromatic rings. The normalized spacial score (nSPS) is 28.9. The van der Waals surface area contributed by atoms with Crippen LogP contribution in [0.4, 0.5) is 0 Å². The Hall–Kier alpha value is -0.630. The van der Waals surface area contributed by atoms with Crippen molar-refractivity contribution in [1.29, 1.82) is 0 Å². The summed E-state index contributed by atoms with van der Waals surface area (Å²) in [6.45, 7) is 0. The second-order valence-electron chi connectivity index (χ2n) is 5.90. The molecule has 0 radical (unpaired) electrons.